The van der Waals surface area contributed by atoms with Crippen LogP contribution in [0.15, 0.2) is 52.3 Å². The molecule has 30 heavy (non-hydrogen) atoms. The van der Waals surface area contributed by atoms with Gasteiger partial charge >= 0.3 is 0 Å². The number of nitrogens with one attached hydrogen (secondary N) is 1. The Bertz CT molecular complexity index is 892. The summed E-state index contributed by atoms with van der Waals surface area (Å²) in [5, 5.41) is 3.09. The van der Waals surface area contributed by atoms with Gasteiger partial charge < -0.3 is 15.1 Å². The fourth-order valence-electron chi connectivity index (χ4n) is 4.40. The number of hydrogen-bond donors (Lipinski definition) is 1. The number of amides is 1. The van der Waals surface area contributed by atoms with Crippen LogP contribution >= 0.6 is 11.8 Å². The zero-order chi connectivity index (χ0) is 21.1. The van der Waals surface area contributed by atoms with E-state index in [1.54, 1.807) is 11.8 Å². The molecule has 1 N–H and O–H groups in total. The first kappa shape index (κ1) is 21.3. The highest BCUT2D eigenvalue weighted by molar-refractivity contribution is 7.99. The normalized spacial score (nSPS) is 17.0. The van der Waals surface area contributed by atoms with E-state index in [4.69, 9.17) is 0 Å². The maximum Gasteiger partial charge on any atom is 0.251 e. The summed E-state index contributed by atoms with van der Waals surface area (Å²) in [5.41, 5.74) is 3.15. The number of carbonyl (C=O) groups is 1. The summed E-state index contributed by atoms with van der Waals surface area (Å²) in [6, 6.07) is 15.1. The highest BCUT2D eigenvalue weighted by Crippen LogP contribution is 2.49. The van der Waals surface area contributed by atoms with Crippen molar-refractivity contribution in [2.24, 2.45) is 5.92 Å². The SMILES string of the molecule is CC(C)CCNC(=O)c1ccc2c(c1)N(C(C)CN1CCCC1)c1ccccc1S2. The molecule has 4 nitrogen and oxygen atoms in total. The molecule has 4 rings (SSSR count). The average molecular weight is 424 g/mol. The van der Waals surface area contributed by atoms with E-state index in [-0.39, 0.29) is 5.91 Å². The molecule has 2 heterocycles. The van der Waals surface area contributed by atoms with Gasteiger partial charge in [0.05, 0.1) is 11.4 Å². The molecule has 0 radical (unpaired) electrons. The van der Waals surface area contributed by atoms with Crippen molar-refractivity contribution in [3.63, 3.8) is 0 Å². The molecular weight excluding hydrogens is 390 g/mol. The highest BCUT2D eigenvalue weighted by Gasteiger charge is 2.29. The van der Waals surface area contributed by atoms with E-state index in [9.17, 15) is 4.79 Å². The molecule has 1 unspecified atom stereocenters. The van der Waals surface area contributed by atoms with Gasteiger partial charge in [0.2, 0.25) is 0 Å². The second kappa shape index (κ2) is 9.44. The third-order valence-corrected chi connectivity index (χ3v) is 7.12. The Kier molecular flexibility index (Phi) is 6.69. The Labute approximate surface area is 185 Å². The van der Waals surface area contributed by atoms with Crippen LogP contribution in [0.1, 0.15) is 50.4 Å². The van der Waals surface area contributed by atoms with Gasteiger partial charge in [-0.3, -0.25) is 4.79 Å². The smallest absolute Gasteiger partial charge is 0.251 e. The van der Waals surface area contributed by atoms with Crippen molar-refractivity contribution in [3.05, 3.63) is 48.0 Å². The lowest BCUT2D eigenvalue weighted by molar-refractivity contribution is 0.0952. The summed E-state index contributed by atoms with van der Waals surface area (Å²) in [6.07, 6.45) is 3.60. The number of benzene rings is 2. The molecule has 0 aliphatic carbocycles. The van der Waals surface area contributed by atoms with E-state index in [0.29, 0.717) is 12.0 Å². The van der Waals surface area contributed by atoms with Crippen molar-refractivity contribution in [1.82, 2.24) is 10.2 Å². The van der Waals surface area contributed by atoms with Crippen molar-refractivity contribution in [1.29, 1.82) is 0 Å². The van der Waals surface area contributed by atoms with Gasteiger partial charge in [-0.1, -0.05) is 37.7 Å². The summed E-state index contributed by atoms with van der Waals surface area (Å²) < 4.78 is 0. The van der Waals surface area contributed by atoms with Crippen LogP contribution < -0.4 is 10.2 Å². The van der Waals surface area contributed by atoms with Gasteiger partial charge in [-0.05, 0) is 75.5 Å². The molecule has 160 valence electrons. The van der Waals surface area contributed by atoms with Crippen LogP contribution in [-0.4, -0.2) is 43.0 Å². The van der Waals surface area contributed by atoms with Gasteiger partial charge in [-0.15, -0.1) is 0 Å². The lowest BCUT2D eigenvalue weighted by Crippen LogP contribution is -2.40. The van der Waals surface area contributed by atoms with Crippen LogP contribution in [0.5, 0.6) is 0 Å². The lowest BCUT2D eigenvalue weighted by Gasteiger charge is -2.39. The largest absolute Gasteiger partial charge is 0.352 e. The lowest BCUT2D eigenvalue weighted by atomic mass is 10.1. The van der Waals surface area contributed by atoms with Gasteiger partial charge in [0.25, 0.3) is 5.91 Å². The monoisotopic (exact) mass is 423 g/mol. The second-order valence-electron chi connectivity index (χ2n) is 8.92. The number of para-hydroxylation sites is 1. The number of rotatable bonds is 7. The standard InChI is InChI=1S/C25H33N3OS/c1-18(2)12-13-26-25(29)20-10-11-24-22(16-20)28(19(3)17-27-14-6-7-15-27)21-8-4-5-9-23(21)30-24/h4-5,8-11,16,18-19H,6-7,12-15,17H2,1-3H3,(H,26,29). The fourth-order valence-corrected chi connectivity index (χ4v) is 5.45. The first-order chi connectivity index (χ1) is 14.5. The molecule has 5 heteroatoms. The Morgan fingerprint density at radius 3 is 2.53 bits per heavy atom. The molecule has 0 bridgehead atoms. The molecule has 1 amide bonds. The quantitative estimate of drug-likeness (QED) is 0.633. The molecule has 1 fully saturated rings. The number of nitrogens with zero attached hydrogens (tertiary/aromatic N) is 2. The molecule has 2 aliphatic heterocycles. The van der Waals surface area contributed by atoms with Gasteiger partial charge in [-0.25, -0.2) is 0 Å². The Balaban J connectivity index is 1.61. The predicted octanol–water partition coefficient (Wildman–Crippen LogP) is 5.55. The molecule has 2 aromatic carbocycles. The van der Waals surface area contributed by atoms with Crippen LogP contribution in [0.3, 0.4) is 0 Å². The minimum absolute atomic E-state index is 0.0226. The van der Waals surface area contributed by atoms with E-state index in [1.165, 1.54) is 41.4 Å². The minimum atomic E-state index is 0.0226. The van der Waals surface area contributed by atoms with Gasteiger partial charge in [0.1, 0.15) is 0 Å². The van der Waals surface area contributed by atoms with E-state index in [1.807, 2.05) is 6.07 Å². The Morgan fingerprint density at radius 2 is 1.77 bits per heavy atom. The first-order valence-electron chi connectivity index (χ1n) is 11.2. The topological polar surface area (TPSA) is 35.6 Å². The molecule has 1 atom stereocenters. The third kappa shape index (κ3) is 4.68. The molecule has 2 aromatic rings. The van der Waals surface area contributed by atoms with E-state index >= 15 is 0 Å². The van der Waals surface area contributed by atoms with Crippen LogP contribution in [0.4, 0.5) is 11.4 Å². The van der Waals surface area contributed by atoms with Crippen molar-refractivity contribution in [3.8, 4) is 0 Å². The summed E-state index contributed by atoms with van der Waals surface area (Å²) >= 11 is 1.80. The number of anilines is 2. The first-order valence-corrected chi connectivity index (χ1v) is 12.1. The second-order valence-corrected chi connectivity index (χ2v) is 10.0. The minimum Gasteiger partial charge on any atom is -0.352 e. The third-order valence-electron chi connectivity index (χ3n) is 5.99. The molecule has 0 spiro atoms. The van der Waals surface area contributed by atoms with Gasteiger partial charge in [-0.2, -0.15) is 0 Å². The molecule has 2 aliphatic rings. The van der Waals surface area contributed by atoms with Gasteiger partial charge in [0.15, 0.2) is 0 Å². The molecular formula is C25H33N3OS. The summed E-state index contributed by atoms with van der Waals surface area (Å²) in [5.74, 6) is 0.609. The molecule has 1 saturated heterocycles. The van der Waals surface area contributed by atoms with E-state index in [0.717, 1.165) is 30.8 Å². The predicted molar refractivity (Wildman–Crippen MR) is 126 cm³/mol. The fraction of sp³-hybridized carbons (Fsp3) is 0.480. The van der Waals surface area contributed by atoms with Crippen molar-refractivity contribution >= 4 is 29.0 Å². The van der Waals surface area contributed by atoms with Gasteiger partial charge in [0, 0.05) is 34.5 Å². The molecule has 0 saturated carbocycles. The van der Waals surface area contributed by atoms with Crippen LogP contribution in [-0.2, 0) is 0 Å². The Hall–Kier alpha value is -1.98. The van der Waals surface area contributed by atoms with Crippen LogP contribution in [0.25, 0.3) is 0 Å². The summed E-state index contributed by atoms with van der Waals surface area (Å²) in [4.78, 5) is 20.3. The summed E-state index contributed by atoms with van der Waals surface area (Å²) in [7, 11) is 0. The number of carbonyl (C=O) groups excluding carboxylic acids is 1. The van der Waals surface area contributed by atoms with Crippen LogP contribution in [0.2, 0.25) is 0 Å². The number of hydrogen-bond acceptors (Lipinski definition) is 4. The Morgan fingerprint density at radius 1 is 1.03 bits per heavy atom. The highest BCUT2D eigenvalue weighted by atomic mass is 32.2. The van der Waals surface area contributed by atoms with Crippen LogP contribution in [0, 0.1) is 5.92 Å². The maximum atomic E-state index is 12.8. The number of likely N-dealkylation sites (tertiary alicyclic amines) is 1. The average Bonchev–Trinajstić information content (AvgIpc) is 3.24. The van der Waals surface area contributed by atoms with E-state index in [2.05, 4.69) is 72.3 Å². The van der Waals surface area contributed by atoms with E-state index < -0.39 is 0 Å². The zero-order valence-corrected chi connectivity index (χ0v) is 19.2. The summed E-state index contributed by atoms with van der Waals surface area (Å²) in [6.45, 7) is 10.8. The number of fused-ring (bicyclic) bond motifs is 2. The van der Waals surface area contributed by atoms with Crippen molar-refractivity contribution in [2.45, 2.75) is 55.9 Å². The zero-order valence-electron chi connectivity index (χ0n) is 18.4. The van der Waals surface area contributed by atoms with Crippen molar-refractivity contribution in [2.75, 3.05) is 31.1 Å². The maximum absolute atomic E-state index is 12.8. The van der Waals surface area contributed by atoms with Crippen molar-refractivity contribution < 1.29 is 4.79 Å². The molecule has 0 aromatic heterocycles.